The van der Waals surface area contributed by atoms with Crippen LogP contribution in [-0.2, 0) is 11.8 Å². The molecule has 0 spiro atoms. The van der Waals surface area contributed by atoms with E-state index in [4.69, 9.17) is 5.11 Å². The summed E-state index contributed by atoms with van der Waals surface area (Å²) in [6.45, 7) is 3.61. The first kappa shape index (κ1) is 14.9. The van der Waals surface area contributed by atoms with Gasteiger partial charge in [-0.05, 0) is 13.3 Å². The molecule has 106 valence electrons. The molecule has 0 aliphatic rings. The monoisotopic (exact) mass is 269 g/mol. The average molecular weight is 269 g/mol. The molecule has 0 radical (unpaired) electrons. The van der Waals surface area contributed by atoms with Crippen LogP contribution in [-0.4, -0.2) is 37.9 Å². The number of urea groups is 1. The first-order valence-electron chi connectivity index (χ1n) is 6.09. The van der Waals surface area contributed by atoms with Crippen LogP contribution < -0.4 is 10.6 Å². The molecule has 2 atom stereocenters. The third kappa shape index (κ3) is 4.23. The molecule has 1 aromatic heterocycles. The van der Waals surface area contributed by atoms with Crippen LogP contribution in [0, 0.1) is 0 Å². The van der Waals surface area contributed by atoms with E-state index in [1.165, 1.54) is 6.33 Å². The maximum atomic E-state index is 11.7. The summed E-state index contributed by atoms with van der Waals surface area (Å²) in [5, 5.41) is 21.6. The molecule has 0 aromatic carbocycles. The van der Waals surface area contributed by atoms with Crippen LogP contribution in [0.4, 0.5) is 4.79 Å². The number of hydrogen-bond donors (Lipinski definition) is 3. The standard InChI is InChI=1S/C11H19N5O3/c1-4-5-8(10(17)18)14-11(19)13-7(2)9-15-12-6-16(9)3/h6-8H,4-5H2,1-3H3,(H,17,18)(H2,13,14,19). The smallest absolute Gasteiger partial charge is 0.326 e. The summed E-state index contributed by atoms with van der Waals surface area (Å²) in [5.41, 5.74) is 0. The minimum absolute atomic E-state index is 0.358. The zero-order chi connectivity index (χ0) is 14.4. The molecule has 0 fully saturated rings. The van der Waals surface area contributed by atoms with E-state index in [0.717, 1.165) is 0 Å². The van der Waals surface area contributed by atoms with Crippen molar-refractivity contribution in [2.45, 2.75) is 38.8 Å². The molecule has 0 aliphatic carbocycles. The molecule has 0 saturated heterocycles. The van der Waals surface area contributed by atoms with Crippen molar-refractivity contribution in [1.29, 1.82) is 0 Å². The Morgan fingerprint density at radius 2 is 2.16 bits per heavy atom. The highest BCUT2D eigenvalue weighted by Crippen LogP contribution is 2.06. The van der Waals surface area contributed by atoms with Gasteiger partial charge in [0.15, 0.2) is 5.82 Å². The molecule has 0 saturated carbocycles. The van der Waals surface area contributed by atoms with Crippen LogP contribution in [0.25, 0.3) is 0 Å². The fourth-order valence-corrected chi connectivity index (χ4v) is 1.69. The summed E-state index contributed by atoms with van der Waals surface area (Å²) in [6, 6.07) is -1.77. The minimum atomic E-state index is -1.04. The number of aromatic nitrogens is 3. The lowest BCUT2D eigenvalue weighted by atomic mass is 10.2. The Morgan fingerprint density at radius 1 is 1.47 bits per heavy atom. The first-order chi connectivity index (χ1) is 8.95. The Kier molecular flexibility index (Phi) is 5.28. The second-order valence-electron chi connectivity index (χ2n) is 4.32. The highest BCUT2D eigenvalue weighted by atomic mass is 16.4. The second kappa shape index (κ2) is 6.72. The lowest BCUT2D eigenvalue weighted by Gasteiger charge is -2.17. The molecule has 0 aliphatic heterocycles. The van der Waals surface area contributed by atoms with Crippen LogP contribution in [0.1, 0.15) is 38.6 Å². The van der Waals surface area contributed by atoms with E-state index < -0.39 is 18.0 Å². The Balaban J connectivity index is 2.55. The predicted molar refractivity (Wildman–Crippen MR) is 67.4 cm³/mol. The van der Waals surface area contributed by atoms with Crippen molar-refractivity contribution in [1.82, 2.24) is 25.4 Å². The molecule has 1 rings (SSSR count). The summed E-state index contributed by atoms with van der Waals surface area (Å²) in [7, 11) is 1.77. The van der Waals surface area contributed by atoms with Gasteiger partial charge in [-0.15, -0.1) is 10.2 Å². The van der Waals surface area contributed by atoms with Crippen LogP contribution >= 0.6 is 0 Å². The lowest BCUT2D eigenvalue weighted by Crippen LogP contribution is -2.46. The summed E-state index contributed by atoms with van der Waals surface area (Å²) in [5.74, 6) is -0.444. The van der Waals surface area contributed by atoms with E-state index in [-0.39, 0.29) is 6.04 Å². The maximum absolute atomic E-state index is 11.7. The lowest BCUT2D eigenvalue weighted by molar-refractivity contribution is -0.139. The third-order valence-corrected chi connectivity index (χ3v) is 2.66. The van der Waals surface area contributed by atoms with E-state index in [0.29, 0.717) is 18.7 Å². The number of carbonyl (C=O) groups excluding carboxylic acids is 1. The topological polar surface area (TPSA) is 109 Å². The molecule has 19 heavy (non-hydrogen) atoms. The van der Waals surface area contributed by atoms with Crippen molar-refractivity contribution in [2.75, 3.05) is 0 Å². The number of nitrogens with one attached hydrogen (secondary N) is 2. The molecule has 1 heterocycles. The molecular formula is C11H19N5O3. The Labute approximate surface area is 111 Å². The normalized spacial score (nSPS) is 13.6. The number of aliphatic carboxylic acids is 1. The van der Waals surface area contributed by atoms with Gasteiger partial charge in [0.05, 0.1) is 6.04 Å². The molecule has 0 bridgehead atoms. The molecule has 2 amide bonds. The van der Waals surface area contributed by atoms with Gasteiger partial charge >= 0.3 is 12.0 Å². The molecule has 2 unspecified atom stereocenters. The summed E-state index contributed by atoms with van der Waals surface area (Å²) < 4.78 is 1.69. The molecule has 8 nitrogen and oxygen atoms in total. The quantitative estimate of drug-likeness (QED) is 0.693. The number of hydrogen-bond acceptors (Lipinski definition) is 4. The van der Waals surface area contributed by atoms with Crippen LogP contribution in [0.15, 0.2) is 6.33 Å². The summed E-state index contributed by atoms with van der Waals surface area (Å²) in [4.78, 5) is 22.6. The van der Waals surface area contributed by atoms with Gasteiger partial charge in [0.25, 0.3) is 0 Å². The number of aryl methyl sites for hydroxylation is 1. The van der Waals surface area contributed by atoms with E-state index in [1.807, 2.05) is 6.92 Å². The van der Waals surface area contributed by atoms with E-state index in [9.17, 15) is 9.59 Å². The van der Waals surface area contributed by atoms with Gasteiger partial charge in [-0.2, -0.15) is 0 Å². The number of carbonyl (C=O) groups is 2. The molecule has 1 aromatic rings. The first-order valence-corrected chi connectivity index (χ1v) is 6.09. The fraction of sp³-hybridized carbons (Fsp3) is 0.636. The van der Waals surface area contributed by atoms with Crippen molar-refractivity contribution >= 4 is 12.0 Å². The zero-order valence-electron chi connectivity index (χ0n) is 11.3. The SMILES string of the molecule is CCCC(NC(=O)NC(C)c1nncn1C)C(=O)O. The second-order valence-corrected chi connectivity index (χ2v) is 4.32. The number of amides is 2. The largest absolute Gasteiger partial charge is 0.480 e. The molecular weight excluding hydrogens is 250 g/mol. The van der Waals surface area contributed by atoms with Gasteiger partial charge in [-0.3, -0.25) is 0 Å². The van der Waals surface area contributed by atoms with Crippen LogP contribution in [0.3, 0.4) is 0 Å². The zero-order valence-corrected chi connectivity index (χ0v) is 11.3. The van der Waals surface area contributed by atoms with Crippen molar-refractivity contribution in [3.8, 4) is 0 Å². The average Bonchev–Trinajstić information content (AvgIpc) is 2.74. The van der Waals surface area contributed by atoms with Crippen molar-refractivity contribution in [3.63, 3.8) is 0 Å². The van der Waals surface area contributed by atoms with Gasteiger partial charge in [-0.1, -0.05) is 13.3 Å². The molecule has 8 heteroatoms. The van der Waals surface area contributed by atoms with Gasteiger partial charge in [-0.25, -0.2) is 9.59 Å². The Morgan fingerprint density at radius 3 is 2.63 bits per heavy atom. The molecule has 3 N–H and O–H groups in total. The summed E-state index contributed by atoms with van der Waals surface area (Å²) in [6.07, 6.45) is 2.60. The number of nitrogens with zero attached hydrogens (tertiary/aromatic N) is 3. The van der Waals surface area contributed by atoms with Crippen molar-refractivity contribution in [2.24, 2.45) is 7.05 Å². The van der Waals surface area contributed by atoms with E-state index in [1.54, 1.807) is 18.5 Å². The highest BCUT2D eigenvalue weighted by molar-refractivity contribution is 5.82. The van der Waals surface area contributed by atoms with Gasteiger partial charge in [0.1, 0.15) is 12.4 Å². The van der Waals surface area contributed by atoms with E-state index >= 15 is 0 Å². The van der Waals surface area contributed by atoms with Crippen LogP contribution in [0.5, 0.6) is 0 Å². The number of carboxylic acid groups (broad SMARTS) is 1. The number of carboxylic acids is 1. The fourth-order valence-electron chi connectivity index (χ4n) is 1.69. The summed E-state index contributed by atoms with van der Waals surface area (Å²) >= 11 is 0. The van der Waals surface area contributed by atoms with Crippen LogP contribution in [0.2, 0.25) is 0 Å². The van der Waals surface area contributed by atoms with Crippen molar-refractivity contribution < 1.29 is 14.7 Å². The Bertz CT molecular complexity index is 445. The van der Waals surface area contributed by atoms with Gasteiger partial charge in [0.2, 0.25) is 0 Å². The third-order valence-electron chi connectivity index (χ3n) is 2.66. The van der Waals surface area contributed by atoms with E-state index in [2.05, 4.69) is 20.8 Å². The van der Waals surface area contributed by atoms with Crippen molar-refractivity contribution in [3.05, 3.63) is 12.2 Å². The Hall–Kier alpha value is -2.12. The maximum Gasteiger partial charge on any atom is 0.326 e. The highest BCUT2D eigenvalue weighted by Gasteiger charge is 2.20. The number of rotatable bonds is 6. The van der Waals surface area contributed by atoms with Gasteiger partial charge < -0.3 is 20.3 Å². The van der Waals surface area contributed by atoms with Gasteiger partial charge in [0, 0.05) is 7.05 Å². The predicted octanol–water partition coefficient (Wildman–Crippen LogP) is 0.429. The minimum Gasteiger partial charge on any atom is -0.480 e.